The van der Waals surface area contributed by atoms with E-state index in [-0.39, 0.29) is 0 Å². The maximum atomic E-state index is 11.0. The molecular weight excluding hydrogens is 166 g/mol. The summed E-state index contributed by atoms with van der Waals surface area (Å²) in [5, 5.41) is 9.06. The van der Waals surface area contributed by atoms with Crippen molar-refractivity contribution in [2.24, 2.45) is 11.3 Å². The smallest absolute Gasteiger partial charge is 0.309 e. The summed E-state index contributed by atoms with van der Waals surface area (Å²) >= 11 is 0. The van der Waals surface area contributed by atoms with Gasteiger partial charge in [0.25, 0.3) is 0 Å². The Bertz CT molecular complexity index is 201. The van der Waals surface area contributed by atoms with E-state index in [0.717, 1.165) is 25.9 Å². The minimum Gasteiger partial charge on any atom is -0.481 e. The normalized spacial score (nSPS) is 25.9. The van der Waals surface area contributed by atoms with Crippen LogP contribution >= 0.6 is 0 Å². The van der Waals surface area contributed by atoms with Crippen LogP contribution in [0, 0.1) is 11.3 Å². The molecule has 0 aromatic heterocycles. The molecule has 1 fully saturated rings. The number of nitrogens with zero attached hydrogens (tertiary/aromatic N) is 1. The summed E-state index contributed by atoms with van der Waals surface area (Å²) in [6, 6.07) is 0. The average molecular weight is 185 g/mol. The summed E-state index contributed by atoms with van der Waals surface area (Å²) < 4.78 is 0. The number of likely N-dealkylation sites (tertiary alicyclic amines) is 1. The van der Waals surface area contributed by atoms with Crippen LogP contribution in [0.25, 0.3) is 0 Å². The monoisotopic (exact) mass is 185 g/mol. The highest BCUT2D eigenvalue weighted by Crippen LogP contribution is 2.33. The van der Waals surface area contributed by atoms with Crippen molar-refractivity contribution in [3.63, 3.8) is 0 Å². The van der Waals surface area contributed by atoms with Gasteiger partial charge in [0.1, 0.15) is 0 Å². The Morgan fingerprint density at radius 2 is 2.15 bits per heavy atom. The van der Waals surface area contributed by atoms with Gasteiger partial charge >= 0.3 is 5.97 Å². The van der Waals surface area contributed by atoms with Crippen LogP contribution in [-0.2, 0) is 4.79 Å². The van der Waals surface area contributed by atoms with E-state index in [1.807, 2.05) is 13.8 Å². The molecule has 0 aromatic rings. The Balaban J connectivity index is 2.64. The number of carbonyl (C=O) groups is 1. The molecule has 1 aliphatic heterocycles. The third kappa shape index (κ3) is 2.21. The molecule has 0 saturated carbocycles. The zero-order valence-corrected chi connectivity index (χ0v) is 8.71. The highest BCUT2D eigenvalue weighted by atomic mass is 16.4. The molecule has 0 bridgehead atoms. The van der Waals surface area contributed by atoms with Crippen molar-refractivity contribution in [1.29, 1.82) is 0 Å². The van der Waals surface area contributed by atoms with Gasteiger partial charge in [-0.1, -0.05) is 0 Å². The van der Waals surface area contributed by atoms with E-state index < -0.39 is 11.4 Å². The Kier molecular flexibility index (Phi) is 2.96. The van der Waals surface area contributed by atoms with Crippen LogP contribution in [-0.4, -0.2) is 36.1 Å². The van der Waals surface area contributed by atoms with Crippen molar-refractivity contribution >= 4 is 5.97 Å². The zero-order chi connectivity index (χ0) is 10.1. The molecule has 3 nitrogen and oxygen atoms in total. The number of aliphatic carboxylic acids is 1. The van der Waals surface area contributed by atoms with Crippen LogP contribution in [0.5, 0.6) is 0 Å². The number of rotatable bonds is 2. The van der Waals surface area contributed by atoms with Crippen LogP contribution in [0.3, 0.4) is 0 Å². The molecule has 1 atom stereocenters. The topological polar surface area (TPSA) is 40.5 Å². The third-order valence-corrected chi connectivity index (χ3v) is 3.20. The molecular formula is C10H19NO2. The van der Waals surface area contributed by atoms with Gasteiger partial charge in [-0.15, -0.1) is 0 Å². The van der Waals surface area contributed by atoms with Gasteiger partial charge in [0.2, 0.25) is 0 Å². The Hall–Kier alpha value is -0.570. The lowest BCUT2D eigenvalue weighted by Gasteiger charge is -2.37. The molecule has 3 heteroatoms. The first-order valence-corrected chi connectivity index (χ1v) is 4.86. The molecule has 1 heterocycles. The van der Waals surface area contributed by atoms with Gasteiger partial charge in [-0.3, -0.25) is 4.79 Å². The van der Waals surface area contributed by atoms with Crippen molar-refractivity contribution in [2.45, 2.75) is 26.7 Å². The first kappa shape index (κ1) is 10.5. The predicted octanol–water partition coefficient (Wildman–Crippen LogP) is 1.44. The van der Waals surface area contributed by atoms with Gasteiger partial charge in [0, 0.05) is 6.54 Å². The molecule has 0 amide bonds. The second kappa shape index (κ2) is 3.66. The summed E-state index contributed by atoms with van der Waals surface area (Å²) in [5.41, 5.74) is -0.575. The number of piperidine rings is 1. The predicted molar refractivity (Wildman–Crippen MR) is 51.6 cm³/mol. The summed E-state index contributed by atoms with van der Waals surface area (Å²) in [7, 11) is 2.06. The lowest BCUT2D eigenvalue weighted by molar-refractivity contribution is -0.151. The molecule has 13 heavy (non-hydrogen) atoms. The minimum absolute atomic E-state index is 0.295. The van der Waals surface area contributed by atoms with E-state index in [9.17, 15) is 4.79 Å². The maximum absolute atomic E-state index is 11.0. The van der Waals surface area contributed by atoms with E-state index in [1.165, 1.54) is 0 Å². The van der Waals surface area contributed by atoms with Crippen LogP contribution in [0.15, 0.2) is 0 Å². The zero-order valence-electron chi connectivity index (χ0n) is 8.71. The van der Waals surface area contributed by atoms with Gasteiger partial charge in [-0.2, -0.15) is 0 Å². The minimum atomic E-state index is -0.673. The Labute approximate surface area is 79.7 Å². The van der Waals surface area contributed by atoms with E-state index in [4.69, 9.17) is 5.11 Å². The van der Waals surface area contributed by atoms with E-state index >= 15 is 0 Å². The maximum Gasteiger partial charge on any atom is 0.309 e. The molecule has 1 saturated heterocycles. The van der Waals surface area contributed by atoms with Crippen molar-refractivity contribution in [1.82, 2.24) is 4.90 Å². The molecule has 1 N–H and O–H groups in total. The van der Waals surface area contributed by atoms with Crippen molar-refractivity contribution < 1.29 is 9.90 Å². The molecule has 0 unspecified atom stereocenters. The quantitative estimate of drug-likeness (QED) is 0.707. The highest BCUT2D eigenvalue weighted by molar-refractivity contribution is 5.74. The SMILES string of the molecule is CN1CCC[C@H](C(C)(C)C(=O)O)C1. The van der Waals surface area contributed by atoms with Gasteiger partial charge in [0.15, 0.2) is 0 Å². The standard InChI is InChI=1S/C10H19NO2/c1-10(2,9(12)13)8-5-4-6-11(3)7-8/h8H,4-7H2,1-3H3,(H,12,13)/t8-/m0/s1. The number of carboxylic acid groups (broad SMARTS) is 1. The molecule has 76 valence electrons. The Morgan fingerprint density at radius 1 is 1.54 bits per heavy atom. The van der Waals surface area contributed by atoms with Crippen molar-refractivity contribution in [3.05, 3.63) is 0 Å². The lowest BCUT2D eigenvalue weighted by Crippen LogP contribution is -2.43. The Morgan fingerprint density at radius 3 is 2.62 bits per heavy atom. The van der Waals surface area contributed by atoms with E-state index in [1.54, 1.807) is 0 Å². The largest absolute Gasteiger partial charge is 0.481 e. The van der Waals surface area contributed by atoms with Crippen LogP contribution in [0.2, 0.25) is 0 Å². The van der Waals surface area contributed by atoms with E-state index in [0.29, 0.717) is 5.92 Å². The molecule has 0 aliphatic carbocycles. The highest BCUT2D eigenvalue weighted by Gasteiger charge is 2.38. The van der Waals surface area contributed by atoms with Gasteiger partial charge < -0.3 is 10.0 Å². The van der Waals surface area contributed by atoms with Gasteiger partial charge in [-0.05, 0) is 46.2 Å². The summed E-state index contributed by atoms with van der Waals surface area (Å²) in [5.74, 6) is -0.378. The molecule has 0 spiro atoms. The summed E-state index contributed by atoms with van der Waals surface area (Å²) in [6.07, 6.45) is 2.17. The van der Waals surface area contributed by atoms with Crippen molar-refractivity contribution in [3.8, 4) is 0 Å². The van der Waals surface area contributed by atoms with Crippen LogP contribution < -0.4 is 0 Å². The molecule has 1 rings (SSSR count). The fourth-order valence-electron chi connectivity index (χ4n) is 1.93. The average Bonchev–Trinajstić information content (AvgIpc) is 2.04. The van der Waals surface area contributed by atoms with Gasteiger partial charge in [-0.25, -0.2) is 0 Å². The molecule has 0 aromatic carbocycles. The number of hydrogen-bond donors (Lipinski definition) is 1. The van der Waals surface area contributed by atoms with Crippen LogP contribution in [0.4, 0.5) is 0 Å². The van der Waals surface area contributed by atoms with E-state index in [2.05, 4.69) is 11.9 Å². The first-order chi connectivity index (χ1) is 5.94. The van der Waals surface area contributed by atoms with Crippen LogP contribution in [0.1, 0.15) is 26.7 Å². The fourth-order valence-corrected chi connectivity index (χ4v) is 1.93. The second-order valence-corrected chi connectivity index (χ2v) is 4.63. The van der Waals surface area contributed by atoms with Gasteiger partial charge in [0.05, 0.1) is 5.41 Å². The summed E-state index contributed by atoms with van der Waals surface area (Å²) in [4.78, 5) is 13.2. The molecule has 1 aliphatic rings. The number of hydrogen-bond acceptors (Lipinski definition) is 2. The third-order valence-electron chi connectivity index (χ3n) is 3.20. The molecule has 0 radical (unpaired) electrons. The first-order valence-electron chi connectivity index (χ1n) is 4.86. The number of carboxylic acids is 1. The second-order valence-electron chi connectivity index (χ2n) is 4.63. The lowest BCUT2D eigenvalue weighted by atomic mass is 9.75. The van der Waals surface area contributed by atoms with Crippen molar-refractivity contribution in [2.75, 3.05) is 20.1 Å². The summed E-state index contributed by atoms with van der Waals surface area (Å²) in [6.45, 7) is 5.68. The fraction of sp³-hybridized carbons (Fsp3) is 0.900.